The fourth-order valence-corrected chi connectivity index (χ4v) is 3.82. The van der Waals surface area contributed by atoms with Crippen molar-refractivity contribution in [3.63, 3.8) is 0 Å². The molecule has 1 aliphatic rings. The number of carbonyl (C=O) groups is 1. The molecule has 0 radical (unpaired) electrons. The monoisotopic (exact) mass is 394 g/mol. The van der Waals surface area contributed by atoms with Gasteiger partial charge in [0.05, 0.1) is 11.0 Å². The van der Waals surface area contributed by atoms with E-state index >= 15 is 0 Å². The highest BCUT2D eigenvalue weighted by atomic mass is 35.5. The van der Waals surface area contributed by atoms with E-state index in [1.165, 1.54) is 24.3 Å². The zero-order valence-corrected chi connectivity index (χ0v) is 15.5. The second-order valence-electron chi connectivity index (χ2n) is 5.98. The number of hydrogen-bond donors (Lipinski definition) is 2. The first kappa shape index (κ1) is 18.7. The Balaban J connectivity index is 1.63. The number of rotatable bonds is 6. The lowest BCUT2D eigenvalue weighted by Crippen LogP contribution is -2.31. The molecule has 6 nitrogen and oxygen atoms in total. The first-order valence-electron chi connectivity index (χ1n) is 8.22. The van der Waals surface area contributed by atoms with Crippen molar-refractivity contribution in [1.82, 2.24) is 5.32 Å². The lowest BCUT2D eigenvalue weighted by molar-refractivity contribution is 0.0857. The van der Waals surface area contributed by atoms with Crippen molar-refractivity contribution < 1.29 is 17.9 Å². The van der Waals surface area contributed by atoms with Gasteiger partial charge in [0.15, 0.2) is 0 Å². The van der Waals surface area contributed by atoms with Gasteiger partial charge in [-0.15, -0.1) is 0 Å². The minimum Gasteiger partial charge on any atom is -0.376 e. The van der Waals surface area contributed by atoms with Crippen LogP contribution in [0.4, 0.5) is 5.69 Å². The molecule has 3 rings (SSSR count). The van der Waals surface area contributed by atoms with Crippen molar-refractivity contribution in [2.75, 3.05) is 17.9 Å². The molecular weight excluding hydrogens is 376 g/mol. The molecule has 1 amide bonds. The Morgan fingerprint density at radius 2 is 1.81 bits per heavy atom. The quantitative estimate of drug-likeness (QED) is 0.788. The molecule has 1 heterocycles. The van der Waals surface area contributed by atoms with E-state index in [1.54, 1.807) is 24.3 Å². The van der Waals surface area contributed by atoms with Gasteiger partial charge in [0, 0.05) is 29.4 Å². The summed E-state index contributed by atoms with van der Waals surface area (Å²) in [4.78, 5) is 12.2. The minimum atomic E-state index is -3.74. The maximum Gasteiger partial charge on any atom is 0.261 e. The third-order valence-electron chi connectivity index (χ3n) is 4.04. The molecule has 2 aromatic rings. The molecule has 1 aliphatic heterocycles. The smallest absolute Gasteiger partial charge is 0.261 e. The number of benzene rings is 2. The van der Waals surface area contributed by atoms with Crippen LogP contribution in [0.5, 0.6) is 0 Å². The summed E-state index contributed by atoms with van der Waals surface area (Å²) < 4.78 is 32.7. The van der Waals surface area contributed by atoms with Gasteiger partial charge in [-0.2, -0.15) is 0 Å². The van der Waals surface area contributed by atoms with E-state index in [9.17, 15) is 13.2 Å². The summed E-state index contributed by atoms with van der Waals surface area (Å²) in [6.45, 7) is 1.19. The SMILES string of the molecule is O=C(NCC1CCCO1)c1ccc(S(=O)(=O)Nc2ccc(Cl)cc2)cc1. The van der Waals surface area contributed by atoms with Crippen LogP contribution in [0.2, 0.25) is 5.02 Å². The van der Waals surface area contributed by atoms with E-state index in [4.69, 9.17) is 16.3 Å². The number of hydrogen-bond acceptors (Lipinski definition) is 4. The highest BCUT2D eigenvalue weighted by Crippen LogP contribution is 2.19. The zero-order valence-electron chi connectivity index (χ0n) is 13.9. The van der Waals surface area contributed by atoms with Crippen LogP contribution >= 0.6 is 11.6 Å². The molecule has 2 aromatic carbocycles. The van der Waals surface area contributed by atoms with Gasteiger partial charge in [-0.3, -0.25) is 9.52 Å². The molecule has 26 heavy (non-hydrogen) atoms. The molecule has 0 aromatic heterocycles. The second kappa shape index (κ2) is 8.07. The molecule has 0 bridgehead atoms. The van der Waals surface area contributed by atoms with Gasteiger partial charge in [0.2, 0.25) is 0 Å². The number of anilines is 1. The number of ether oxygens (including phenoxy) is 1. The van der Waals surface area contributed by atoms with Crippen molar-refractivity contribution in [2.24, 2.45) is 0 Å². The first-order valence-corrected chi connectivity index (χ1v) is 10.1. The van der Waals surface area contributed by atoms with Crippen LogP contribution in [0.1, 0.15) is 23.2 Å². The molecule has 0 saturated carbocycles. The molecule has 8 heteroatoms. The Hall–Kier alpha value is -2.09. The van der Waals surface area contributed by atoms with Gasteiger partial charge in [-0.25, -0.2) is 8.42 Å². The minimum absolute atomic E-state index is 0.0576. The van der Waals surface area contributed by atoms with E-state index in [1.807, 2.05) is 0 Å². The fourth-order valence-electron chi connectivity index (χ4n) is 2.63. The molecule has 0 aliphatic carbocycles. The van der Waals surface area contributed by atoms with Gasteiger partial charge < -0.3 is 10.1 Å². The third-order valence-corrected chi connectivity index (χ3v) is 5.69. The Morgan fingerprint density at radius 3 is 2.42 bits per heavy atom. The predicted octanol–water partition coefficient (Wildman–Crippen LogP) is 3.05. The largest absolute Gasteiger partial charge is 0.376 e. The molecule has 1 fully saturated rings. The summed E-state index contributed by atoms with van der Waals surface area (Å²) in [6.07, 6.45) is 2.00. The Bertz CT molecular complexity index is 861. The number of sulfonamides is 1. The lowest BCUT2D eigenvalue weighted by Gasteiger charge is -2.11. The van der Waals surface area contributed by atoms with E-state index in [0.717, 1.165) is 19.4 Å². The van der Waals surface area contributed by atoms with E-state index < -0.39 is 10.0 Å². The van der Waals surface area contributed by atoms with E-state index in [2.05, 4.69) is 10.0 Å². The number of nitrogens with one attached hydrogen (secondary N) is 2. The Labute approximate surface area is 157 Å². The standard InChI is InChI=1S/C18H19ClN2O4S/c19-14-5-7-15(8-6-14)21-26(23,24)17-9-3-13(4-10-17)18(22)20-12-16-2-1-11-25-16/h3-10,16,21H,1-2,11-12H2,(H,20,22). The van der Waals surface area contributed by atoms with Crippen LogP contribution in [-0.2, 0) is 14.8 Å². The predicted molar refractivity (Wildman–Crippen MR) is 100 cm³/mol. The number of halogens is 1. The number of amides is 1. The van der Waals surface area contributed by atoms with Crippen molar-refractivity contribution in [1.29, 1.82) is 0 Å². The third kappa shape index (κ3) is 4.75. The summed E-state index contributed by atoms with van der Waals surface area (Å²) in [5, 5.41) is 3.32. The summed E-state index contributed by atoms with van der Waals surface area (Å²) in [5.74, 6) is -0.255. The normalized spacial score (nSPS) is 17.0. The van der Waals surface area contributed by atoms with Crippen LogP contribution in [0.15, 0.2) is 53.4 Å². The average molecular weight is 395 g/mol. The van der Waals surface area contributed by atoms with Crippen LogP contribution in [0.3, 0.4) is 0 Å². The topological polar surface area (TPSA) is 84.5 Å². The second-order valence-corrected chi connectivity index (χ2v) is 8.10. The van der Waals surface area contributed by atoms with Crippen molar-refractivity contribution in [3.05, 3.63) is 59.1 Å². The van der Waals surface area contributed by atoms with Crippen molar-refractivity contribution in [2.45, 2.75) is 23.8 Å². The van der Waals surface area contributed by atoms with Crippen LogP contribution in [0.25, 0.3) is 0 Å². The van der Waals surface area contributed by atoms with Crippen molar-refractivity contribution >= 4 is 33.2 Å². The van der Waals surface area contributed by atoms with E-state index in [-0.39, 0.29) is 16.9 Å². The van der Waals surface area contributed by atoms with Gasteiger partial charge in [0.25, 0.3) is 15.9 Å². The highest BCUT2D eigenvalue weighted by molar-refractivity contribution is 7.92. The first-order chi connectivity index (χ1) is 12.4. The van der Waals surface area contributed by atoms with Crippen molar-refractivity contribution in [3.8, 4) is 0 Å². The Morgan fingerprint density at radius 1 is 1.12 bits per heavy atom. The van der Waals surface area contributed by atoms with Gasteiger partial charge in [-0.1, -0.05) is 11.6 Å². The maximum absolute atomic E-state index is 12.4. The highest BCUT2D eigenvalue weighted by Gasteiger charge is 2.18. The molecule has 1 atom stereocenters. The van der Waals surface area contributed by atoms with Crippen LogP contribution < -0.4 is 10.0 Å². The molecule has 0 spiro atoms. The zero-order chi connectivity index (χ0) is 18.6. The maximum atomic E-state index is 12.4. The van der Waals surface area contributed by atoms with Crippen LogP contribution in [-0.4, -0.2) is 33.6 Å². The van der Waals surface area contributed by atoms with E-state index in [0.29, 0.717) is 22.8 Å². The summed E-state index contributed by atoms with van der Waals surface area (Å²) in [5.41, 5.74) is 0.807. The summed E-state index contributed by atoms with van der Waals surface area (Å²) >= 11 is 5.79. The fraction of sp³-hybridized carbons (Fsp3) is 0.278. The molecule has 138 valence electrons. The van der Waals surface area contributed by atoms with Gasteiger partial charge in [-0.05, 0) is 61.4 Å². The Kier molecular flexibility index (Phi) is 5.80. The molecule has 1 saturated heterocycles. The van der Waals surface area contributed by atoms with Crippen LogP contribution in [0, 0.1) is 0 Å². The molecule has 1 unspecified atom stereocenters. The van der Waals surface area contributed by atoms with Gasteiger partial charge in [0.1, 0.15) is 0 Å². The molecular formula is C18H19ClN2O4S. The summed E-state index contributed by atoms with van der Waals surface area (Å²) in [6, 6.07) is 12.1. The summed E-state index contributed by atoms with van der Waals surface area (Å²) in [7, 11) is -3.74. The average Bonchev–Trinajstić information content (AvgIpc) is 3.15. The van der Waals surface area contributed by atoms with Gasteiger partial charge >= 0.3 is 0 Å². The molecule has 2 N–H and O–H groups in total. The lowest BCUT2D eigenvalue weighted by atomic mass is 10.2. The number of carbonyl (C=O) groups excluding carboxylic acids is 1.